The SMILES string of the molecule is CCCCC/C=C\C/C=C\C/C=C\CCCCC(=O)OC[C@@H]1COP(=O)(O)O[C@H]2[C@H](O)[C@@H](O)[C@H](O)[C@@H](CC(=O)CCCCC(=O)O1)[C@@H](O)C[C@@H](O)[C@H](C=C[C@@H](O)CCCCC)[C@@H](O)[C@H]2OP(=O)(O)O. The molecule has 2 fully saturated rings. The van der Waals surface area contributed by atoms with Gasteiger partial charge >= 0.3 is 27.6 Å². The van der Waals surface area contributed by atoms with Crippen LogP contribution in [-0.2, 0) is 46.6 Å². The molecule has 69 heavy (non-hydrogen) atoms. The Hall–Kier alpha value is -2.49. The number of carbonyl (C=O) groups excluding carboxylic acids is 3. The summed E-state index contributed by atoms with van der Waals surface area (Å²) in [5, 5.41) is 79.6. The van der Waals surface area contributed by atoms with Gasteiger partial charge in [0.05, 0.1) is 37.1 Å². The van der Waals surface area contributed by atoms with Gasteiger partial charge in [-0.05, 0) is 64.2 Å². The van der Waals surface area contributed by atoms with Gasteiger partial charge in [0.15, 0.2) is 6.10 Å². The largest absolute Gasteiger partial charge is 0.472 e. The first-order chi connectivity index (χ1) is 32.7. The maximum Gasteiger partial charge on any atom is 0.472 e. The molecular formula is C47H80O20P2. The number of carbonyl (C=O) groups is 3. The van der Waals surface area contributed by atoms with Gasteiger partial charge in [-0.2, -0.15) is 0 Å². The lowest BCUT2D eigenvalue weighted by molar-refractivity contribution is -0.166. The predicted molar refractivity (Wildman–Crippen MR) is 253 cm³/mol. The fourth-order valence-electron chi connectivity index (χ4n) is 7.91. The first-order valence-electron chi connectivity index (χ1n) is 24.4. The van der Waals surface area contributed by atoms with E-state index in [1.807, 2.05) is 19.1 Å². The maximum absolute atomic E-state index is 13.7. The monoisotopic (exact) mass is 1030 g/mol. The number of Topliss-reactive ketones (excluding diaryl/α,β-unsaturated/α-hetero) is 1. The molecule has 2 bridgehead atoms. The van der Waals surface area contributed by atoms with E-state index in [1.54, 1.807) is 0 Å². The van der Waals surface area contributed by atoms with E-state index in [0.717, 1.165) is 44.3 Å². The van der Waals surface area contributed by atoms with Gasteiger partial charge < -0.3 is 59.9 Å². The summed E-state index contributed by atoms with van der Waals surface area (Å²) in [5.74, 6) is -5.62. The van der Waals surface area contributed by atoms with Crippen LogP contribution in [0.1, 0.15) is 142 Å². The third-order valence-electron chi connectivity index (χ3n) is 11.8. The summed E-state index contributed by atoms with van der Waals surface area (Å²) in [7, 11) is -11.5. The van der Waals surface area contributed by atoms with Crippen molar-refractivity contribution in [1.29, 1.82) is 0 Å². The maximum atomic E-state index is 13.7. The summed E-state index contributed by atoms with van der Waals surface area (Å²) >= 11 is 0. The molecule has 1 saturated carbocycles. The second-order valence-corrected chi connectivity index (χ2v) is 20.4. The minimum atomic E-state index is -5.81. The highest BCUT2D eigenvalue weighted by atomic mass is 31.2. The number of hydrogen-bond acceptors (Lipinski definition) is 17. The smallest absolute Gasteiger partial charge is 0.462 e. The molecule has 1 unspecified atom stereocenters. The van der Waals surface area contributed by atoms with Gasteiger partial charge in [-0.3, -0.25) is 28.0 Å². The average Bonchev–Trinajstić information content (AvgIpc) is 3.29. The Morgan fingerprint density at radius 3 is 2.06 bits per heavy atom. The summed E-state index contributed by atoms with van der Waals surface area (Å²) in [4.78, 5) is 69.9. The molecule has 1 saturated heterocycles. The number of allylic oxidation sites excluding steroid dienone is 6. The Morgan fingerprint density at radius 2 is 1.42 bits per heavy atom. The van der Waals surface area contributed by atoms with Crippen LogP contribution in [0.4, 0.5) is 0 Å². The van der Waals surface area contributed by atoms with Crippen LogP contribution in [0.5, 0.6) is 0 Å². The molecule has 0 aromatic heterocycles. The van der Waals surface area contributed by atoms with Gasteiger partial charge in [-0.1, -0.05) is 94.6 Å². The molecule has 0 aromatic carbocycles. The Kier molecular flexibility index (Phi) is 30.9. The lowest BCUT2D eigenvalue weighted by Crippen LogP contribution is -2.56. The molecule has 1 heterocycles. The van der Waals surface area contributed by atoms with E-state index in [0.29, 0.717) is 25.7 Å². The number of unbranched alkanes of at least 4 members (excludes halogenated alkanes) is 7. The molecule has 0 radical (unpaired) electrons. The fourth-order valence-corrected chi connectivity index (χ4v) is 9.44. The zero-order valence-corrected chi connectivity index (χ0v) is 41.8. The molecule has 20 nitrogen and oxygen atoms in total. The Balaban J connectivity index is 2.36. The standard InChI is InChI=1S/C47H80O20P2/c1-3-5-7-8-9-10-11-12-13-14-15-16-17-18-20-25-40(52)63-31-35-32-64-69(61,62)67-47-45(57)44(56)42(54)37(29-34(49)24-21-22-26-41(53)65-35)39(51)30-38(50)36(28-27-33(48)23-19-6-4-2)43(55)46(47)66-68(58,59)60/h9-10,12-13,15-16,27-28,33,35-39,42-48,50-51,54-57H,3-8,11,14,17-26,29-32H2,1-2H3,(H,61,62)(H2,58,59,60)/b10-9-,13-12-,16-15-,28-27?/t33-,35+,36-,37-,38+,39-,42+,43+,44-,45+,46+,47-/m0/s1. The Labute approximate surface area is 406 Å². The summed E-state index contributed by atoms with van der Waals surface area (Å²) in [5.41, 5.74) is 0. The molecule has 22 heteroatoms. The second kappa shape index (κ2) is 34.0. The number of esters is 2. The number of ketones is 1. The van der Waals surface area contributed by atoms with Crippen molar-refractivity contribution in [3.63, 3.8) is 0 Å². The van der Waals surface area contributed by atoms with Crippen molar-refractivity contribution in [2.24, 2.45) is 11.8 Å². The molecule has 0 amide bonds. The van der Waals surface area contributed by atoms with Crippen molar-refractivity contribution in [2.75, 3.05) is 13.2 Å². The van der Waals surface area contributed by atoms with Gasteiger partial charge in [0.2, 0.25) is 0 Å². The first-order valence-corrected chi connectivity index (χ1v) is 27.4. The lowest BCUT2D eigenvalue weighted by Gasteiger charge is -2.38. The van der Waals surface area contributed by atoms with Crippen molar-refractivity contribution >= 4 is 33.4 Å². The van der Waals surface area contributed by atoms with Gasteiger partial charge in [-0.15, -0.1) is 0 Å². The van der Waals surface area contributed by atoms with E-state index in [2.05, 4.69) is 31.2 Å². The van der Waals surface area contributed by atoms with Crippen LogP contribution in [-0.4, -0.2) is 142 Å². The predicted octanol–water partition coefficient (Wildman–Crippen LogP) is 4.84. The minimum Gasteiger partial charge on any atom is -0.462 e. The molecule has 1 aliphatic heterocycles. The van der Waals surface area contributed by atoms with Crippen LogP contribution in [0.3, 0.4) is 0 Å². The summed E-state index contributed by atoms with van der Waals surface area (Å²) in [6.45, 7) is 2.39. The fraction of sp³-hybridized carbons (Fsp3) is 0.766. The van der Waals surface area contributed by atoms with Crippen LogP contribution in [0.2, 0.25) is 0 Å². The highest BCUT2D eigenvalue weighted by Gasteiger charge is 2.52. The molecule has 0 spiro atoms. The molecule has 0 aromatic rings. The Morgan fingerprint density at radius 1 is 0.812 bits per heavy atom. The third-order valence-corrected chi connectivity index (χ3v) is 13.3. The van der Waals surface area contributed by atoms with Crippen LogP contribution in [0.15, 0.2) is 48.6 Å². The number of aliphatic hydroxyl groups is 7. The number of ether oxygens (including phenoxy) is 2. The number of phosphoric acid groups is 2. The van der Waals surface area contributed by atoms with E-state index in [1.165, 1.54) is 19.3 Å². The van der Waals surface area contributed by atoms with Crippen molar-refractivity contribution in [2.45, 2.75) is 203 Å². The van der Waals surface area contributed by atoms with E-state index in [9.17, 15) is 73.9 Å². The van der Waals surface area contributed by atoms with Crippen molar-refractivity contribution < 1.29 is 97.0 Å². The van der Waals surface area contributed by atoms with Gasteiger partial charge in [-0.25, -0.2) is 9.13 Å². The molecule has 2 rings (SSSR count). The summed E-state index contributed by atoms with van der Waals surface area (Å²) < 4.78 is 52.0. The van der Waals surface area contributed by atoms with Crippen LogP contribution in [0, 0.1) is 11.8 Å². The van der Waals surface area contributed by atoms with Crippen molar-refractivity contribution in [1.82, 2.24) is 0 Å². The molecule has 10 N–H and O–H groups in total. The molecule has 2 aliphatic rings. The molecule has 13 atom stereocenters. The number of hydrogen-bond donors (Lipinski definition) is 10. The number of aliphatic hydroxyl groups excluding tert-OH is 7. The van der Waals surface area contributed by atoms with Gasteiger partial charge in [0.1, 0.15) is 36.8 Å². The van der Waals surface area contributed by atoms with Crippen LogP contribution < -0.4 is 0 Å². The van der Waals surface area contributed by atoms with E-state index < -0.39 is 132 Å². The van der Waals surface area contributed by atoms with E-state index in [4.69, 9.17) is 23.0 Å². The second-order valence-electron chi connectivity index (χ2n) is 17.8. The number of fused-ring (bicyclic) bond motifs is 4. The van der Waals surface area contributed by atoms with Gasteiger partial charge in [0.25, 0.3) is 0 Å². The van der Waals surface area contributed by atoms with Crippen LogP contribution in [0.25, 0.3) is 0 Å². The summed E-state index contributed by atoms with van der Waals surface area (Å²) in [6, 6.07) is 0. The molecule has 1 aliphatic carbocycles. The van der Waals surface area contributed by atoms with E-state index in [-0.39, 0.29) is 38.5 Å². The average molecular weight is 1030 g/mol. The zero-order valence-electron chi connectivity index (χ0n) is 40.1. The minimum absolute atomic E-state index is 0.0207. The van der Waals surface area contributed by atoms with Crippen LogP contribution >= 0.6 is 15.6 Å². The first kappa shape index (κ1) is 62.6. The number of phosphoric ester groups is 2. The highest BCUT2D eigenvalue weighted by molar-refractivity contribution is 7.47. The number of rotatable bonds is 23. The van der Waals surface area contributed by atoms with Crippen molar-refractivity contribution in [3.05, 3.63) is 48.6 Å². The lowest BCUT2D eigenvalue weighted by atomic mass is 9.82. The summed E-state index contributed by atoms with van der Waals surface area (Å²) in [6.07, 6.45) is 1.44. The van der Waals surface area contributed by atoms with Crippen molar-refractivity contribution in [3.8, 4) is 0 Å². The topological polar surface area (TPSA) is 334 Å². The molecule has 398 valence electrons. The Bertz CT molecular complexity index is 1700. The quantitative estimate of drug-likeness (QED) is 0.0283. The van der Waals surface area contributed by atoms with E-state index >= 15 is 0 Å². The highest BCUT2D eigenvalue weighted by Crippen LogP contribution is 2.50. The third kappa shape index (κ3) is 26.2. The van der Waals surface area contributed by atoms with Gasteiger partial charge in [0, 0.05) is 43.9 Å². The zero-order chi connectivity index (χ0) is 51.4. The number of cyclic esters (lactones) is 1. The normalized spacial score (nSPS) is 31.6. The molecular weight excluding hydrogens is 946 g/mol.